The maximum Gasteiger partial charge on any atom is 0.317 e. The lowest BCUT2D eigenvalue weighted by Crippen LogP contribution is -2.51. The Kier molecular flexibility index (Phi) is 4.67. The van der Waals surface area contributed by atoms with Crippen molar-refractivity contribution in [3.05, 3.63) is 58.5 Å². The number of fused-ring (bicyclic) bond motifs is 1. The van der Waals surface area contributed by atoms with Gasteiger partial charge in [0.1, 0.15) is 0 Å². The molecule has 6 nitrogen and oxygen atoms in total. The molecule has 0 bridgehead atoms. The lowest BCUT2D eigenvalue weighted by molar-refractivity contribution is 0.134. The highest BCUT2D eigenvalue weighted by Gasteiger charge is 2.21. The van der Waals surface area contributed by atoms with E-state index in [-0.39, 0.29) is 6.03 Å². The first-order chi connectivity index (χ1) is 12.3. The third-order valence-corrected chi connectivity index (χ3v) is 5.34. The monoisotopic (exact) mass is 355 g/mol. The molecule has 130 valence electrons. The molecule has 3 aromatic heterocycles. The van der Waals surface area contributed by atoms with Crippen molar-refractivity contribution in [1.29, 1.82) is 0 Å². The van der Waals surface area contributed by atoms with Gasteiger partial charge in [-0.15, -0.1) is 11.3 Å². The van der Waals surface area contributed by atoms with Crippen LogP contribution in [0.15, 0.2) is 48.0 Å². The van der Waals surface area contributed by atoms with Gasteiger partial charge in [-0.25, -0.2) is 9.31 Å². The summed E-state index contributed by atoms with van der Waals surface area (Å²) in [4.78, 5) is 17.7. The van der Waals surface area contributed by atoms with Gasteiger partial charge in [0.05, 0.1) is 17.8 Å². The third-order valence-electron chi connectivity index (χ3n) is 4.46. The number of aromatic nitrogens is 2. The van der Waals surface area contributed by atoms with Crippen molar-refractivity contribution < 1.29 is 4.79 Å². The number of pyridine rings is 1. The highest BCUT2D eigenvalue weighted by molar-refractivity contribution is 7.09. The maximum absolute atomic E-state index is 12.3. The number of piperazine rings is 1. The Morgan fingerprint density at radius 2 is 2.04 bits per heavy atom. The van der Waals surface area contributed by atoms with E-state index in [1.54, 1.807) is 11.3 Å². The molecular weight excluding hydrogens is 334 g/mol. The van der Waals surface area contributed by atoms with E-state index < -0.39 is 0 Å². The molecule has 0 unspecified atom stereocenters. The lowest BCUT2D eigenvalue weighted by Gasteiger charge is -2.34. The summed E-state index contributed by atoms with van der Waals surface area (Å²) in [5.74, 6) is 0. The summed E-state index contributed by atoms with van der Waals surface area (Å²) in [6.45, 7) is 4.69. The Bertz CT molecular complexity index is 803. The Hall–Kier alpha value is -2.38. The molecule has 25 heavy (non-hydrogen) atoms. The van der Waals surface area contributed by atoms with Crippen LogP contribution >= 0.6 is 11.3 Å². The fourth-order valence-corrected chi connectivity index (χ4v) is 3.74. The molecule has 4 heterocycles. The highest BCUT2D eigenvalue weighted by atomic mass is 32.1. The van der Waals surface area contributed by atoms with Crippen LogP contribution in [0.4, 0.5) is 4.79 Å². The van der Waals surface area contributed by atoms with Gasteiger partial charge in [-0.1, -0.05) is 12.1 Å². The van der Waals surface area contributed by atoms with E-state index in [0.717, 1.165) is 43.9 Å². The second-order valence-electron chi connectivity index (χ2n) is 6.21. The number of hydrogen-bond donors (Lipinski definition) is 1. The van der Waals surface area contributed by atoms with E-state index in [2.05, 4.69) is 27.4 Å². The molecule has 1 aliphatic heterocycles. The van der Waals surface area contributed by atoms with E-state index in [4.69, 9.17) is 0 Å². The van der Waals surface area contributed by atoms with E-state index >= 15 is 0 Å². The average molecular weight is 355 g/mol. The standard InChI is InChI=1S/C18H21N5OS/c24-18(19-13-17-5-3-11-25-17)22-9-7-21(8-10-22)14-15-12-16-4-1-2-6-23(16)20-15/h1-6,11-12H,7-10,13-14H2,(H,19,24). The van der Waals surface area contributed by atoms with Crippen LogP contribution in [0.5, 0.6) is 0 Å². The molecule has 1 aliphatic rings. The molecule has 2 amide bonds. The summed E-state index contributed by atoms with van der Waals surface area (Å²) in [5, 5.41) is 9.63. The molecule has 1 N–H and O–H groups in total. The first-order valence-electron chi connectivity index (χ1n) is 8.49. The van der Waals surface area contributed by atoms with Crippen molar-refractivity contribution in [2.75, 3.05) is 26.2 Å². The second-order valence-corrected chi connectivity index (χ2v) is 7.24. The van der Waals surface area contributed by atoms with Crippen LogP contribution in [0.3, 0.4) is 0 Å². The van der Waals surface area contributed by atoms with Gasteiger partial charge in [-0.3, -0.25) is 4.90 Å². The number of nitrogens with zero attached hydrogens (tertiary/aromatic N) is 4. The molecule has 0 saturated carbocycles. The Balaban J connectivity index is 1.27. The van der Waals surface area contributed by atoms with Crippen molar-refractivity contribution >= 4 is 22.9 Å². The largest absolute Gasteiger partial charge is 0.333 e. The predicted octanol–water partition coefficient (Wildman–Crippen LogP) is 2.42. The number of nitrogens with one attached hydrogen (secondary N) is 1. The van der Waals surface area contributed by atoms with Crippen LogP contribution in [-0.2, 0) is 13.1 Å². The summed E-state index contributed by atoms with van der Waals surface area (Å²) in [6.07, 6.45) is 1.97. The SMILES string of the molecule is O=C(NCc1cccs1)N1CCN(Cc2cc3ccccn3n2)CC1. The van der Waals surface area contributed by atoms with Crippen molar-refractivity contribution in [1.82, 2.24) is 24.7 Å². The van der Waals surface area contributed by atoms with Gasteiger partial charge in [0.15, 0.2) is 0 Å². The van der Waals surface area contributed by atoms with Gasteiger partial charge < -0.3 is 10.2 Å². The molecule has 7 heteroatoms. The molecule has 1 saturated heterocycles. The number of rotatable bonds is 4. The minimum atomic E-state index is 0.0285. The summed E-state index contributed by atoms with van der Waals surface area (Å²) in [6, 6.07) is 12.3. The van der Waals surface area contributed by atoms with Crippen molar-refractivity contribution in [3.63, 3.8) is 0 Å². The predicted molar refractivity (Wildman–Crippen MR) is 98.6 cm³/mol. The zero-order chi connectivity index (χ0) is 17.1. The highest BCUT2D eigenvalue weighted by Crippen LogP contribution is 2.11. The number of hydrogen-bond acceptors (Lipinski definition) is 4. The fourth-order valence-electron chi connectivity index (χ4n) is 3.09. The molecule has 4 rings (SSSR count). The van der Waals surface area contributed by atoms with Gasteiger partial charge in [0, 0.05) is 43.8 Å². The molecule has 0 aromatic carbocycles. The first-order valence-corrected chi connectivity index (χ1v) is 9.37. The first kappa shape index (κ1) is 16.1. The third kappa shape index (κ3) is 3.83. The zero-order valence-electron chi connectivity index (χ0n) is 14.0. The Morgan fingerprint density at radius 3 is 2.80 bits per heavy atom. The van der Waals surface area contributed by atoms with Gasteiger partial charge in [-0.2, -0.15) is 5.10 Å². The number of urea groups is 1. The van der Waals surface area contributed by atoms with Gasteiger partial charge >= 0.3 is 6.03 Å². The van der Waals surface area contributed by atoms with E-state index in [1.807, 2.05) is 45.3 Å². The summed E-state index contributed by atoms with van der Waals surface area (Å²) in [5.41, 5.74) is 2.19. The molecule has 1 fully saturated rings. The molecule has 0 spiro atoms. The van der Waals surface area contributed by atoms with E-state index in [0.29, 0.717) is 6.54 Å². The molecule has 0 aliphatic carbocycles. The minimum absolute atomic E-state index is 0.0285. The maximum atomic E-state index is 12.3. The van der Waals surface area contributed by atoms with Crippen LogP contribution in [0.2, 0.25) is 0 Å². The number of carbonyl (C=O) groups is 1. The van der Waals surface area contributed by atoms with Gasteiger partial charge in [-0.05, 0) is 29.6 Å². The quantitative estimate of drug-likeness (QED) is 0.782. The van der Waals surface area contributed by atoms with E-state index in [9.17, 15) is 4.79 Å². The van der Waals surface area contributed by atoms with Gasteiger partial charge in [0.25, 0.3) is 0 Å². The Labute approximate surface area is 150 Å². The van der Waals surface area contributed by atoms with Crippen LogP contribution in [0, 0.1) is 0 Å². The molecular formula is C18H21N5OS. The topological polar surface area (TPSA) is 52.9 Å². The molecule has 0 atom stereocenters. The molecule has 3 aromatic rings. The molecule has 0 radical (unpaired) electrons. The summed E-state index contributed by atoms with van der Waals surface area (Å²) < 4.78 is 1.91. The van der Waals surface area contributed by atoms with Crippen LogP contribution in [-0.4, -0.2) is 51.6 Å². The summed E-state index contributed by atoms with van der Waals surface area (Å²) in [7, 11) is 0. The fraction of sp³-hybridized carbons (Fsp3) is 0.333. The minimum Gasteiger partial charge on any atom is -0.333 e. The average Bonchev–Trinajstić information content (AvgIpc) is 3.29. The lowest BCUT2D eigenvalue weighted by atomic mass is 10.3. The number of thiophene rings is 1. The smallest absolute Gasteiger partial charge is 0.317 e. The van der Waals surface area contributed by atoms with Crippen molar-refractivity contribution in [2.45, 2.75) is 13.1 Å². The Morgan fingerprint density at radius 1 is 1.16 bits per heavy atom. The van der Waals surface area contributed by atoms with Crippen molar-refractivity contribution in [2.24, 2.45) is 0 Å². The zero-order valence-corrected chi connectivity index (χ0v) is 14.8. The van der Waals surface area contributed by atoms with Crippen LogP contribution in [0.1, 0.15) is 10.6 Å². The van der Waals surface area contributed by atoms with Gasteiger partial charge in [0.2, 0.25) is 0 Å². The normalized spacial score (nSPS) is 15.6. The van der Waals surface area contributed by atoms with Crippen LogP contribution in [0.25, 0.3) is 5.52 Å². The van der Waals surface area contributed by atoms with Crippen LogP contribution < -0.4 is 5.32 Å². The summed E-state index contributed by atoms with van der Waals surface area (Å²) >= 11 is 1.66. The van der Waals surface area contributed by atoms with Crippen molar-refractivity contribution in [3.8, 4) is 0 Å². The second kappa shape index (κ2) is 7.25. The van der Waals surface area contributed by atoms with E-state index in [1.165, 1.54) is 4.88 Å². The number of amides is 2. The number of carbonyl (C=O) groups excluding carboxylic acids is 1.